The molecule has 1 fully saturated rings. The highest BCUT2D eigenvalue weighted by Gasteiger charge is 2.34. The lowest BCUT2D eigenvalue weighted by Crippen LogP contribution is -2.47. The van der Waals surface area contributed by atoms with Crippen LogP contribution in [-0.4, -0.2) is 35.8 Å². The third kappa shape index (κ3) is 5.99. The largest absolute Gasteiger partial charge is 0.382 e. The molecule has 1 saturated heterocycles. The summed E-state index contributed by atoms with van der Waals surface area (Å²) in [4.78, 5) is 44.3. The molecule has 3 rings (SSSR count). The van der Waals surface area contributed by atoms with Gasteiger partial charge in [0.1, 0.15) is 6.54 Å². The minimum atomic E-state index is -0.668. The maximum Gasteiger partial charge on any atom is 0.324 e. The second-order valence-corrected chi connectivity index (χ2v) is 7.39. The topological polar surface area (TPSA) is 99.8 Å². The summed E-state index contributed by atoms with van der Waals surface area (Å²) < 4.78 is 0. The van der Waals surface area contributed by atoms with E-state index < -0.39 is 23.8 Å². The average Bonchev–Trinajstić information content (AvgIpc) is 2.91. The van der Waals surface area contributed by atoms with Gasteiger partial charge in [0.25, 0.3) is 0 Å². The average molecular weight is 443 g/mol. The zero-order chi connectivity index (χ0) is 22.2. The van der Waals surface area contributed by atoms with Crippen molar-refractivity contribution in [2.45, 2.75) is 13.0 Å². The van der Waals surface area contributed by atoms with Crippen LogP contribution >= 0.6 is 11.6 Å². The van der Waals surface area contributed by atoms with Crippen LogP contribution in [0.5, 0.6) is 5.75 Å². The van der Waals surface area contributed by atoms with Crippen molar-refractivity contribution >= 4 is 29.4 Å². The minimum absolute atomic E-state index is 0.0982. The zero-order valence-corrected chi connectivity index (χ0v) is 17.5. The molecule has 0 spiro atoms. The van der Waals surface area contributed by atoms with Gasteiger partial charge in [-0.15, -0.1) is 0 Å². The highest BCUT2D eigenvalue weighted by atomic mass is 35.5. The van der Waals surface area contributed by atoms with E-state index in [4.69, 9.17) is 16.4 Å². The summed E-state index contributed by atoms with van der Waals surface area (Å²) in [6.45, 7) is 3.53. The van der Waals surface area contributed by atoms with Crippen molar-refractivity contribution in [3.63, 3.8) is 0 Å². The number of nitrogens with one attached hydrogen (secondary N) is 3. The Labute approximate surface area is 185 Å². The van der Waals surface area contributed by atoms with Crippen LogP contribution in [0.2, 0.25) is 5.02 Å². The van der Waals surface area contributed by atoms with Gasteiger partial charge in [-0.2, -0.15) is 0 Å². The third-order valence-corrected chi connectivity index (χ3v) is 4.97. The predicted molar refractivity (Wildman–Crippen MR) is 116 cm³/mol. The van der Waals surface area contributed by atoms with Gasteiger partial charge in [-0.05, 0) is 35.7 Å². The first kappa shape index (κ1) is 22.2. The Morgan fingerprint density at radius 1 is 1.26 bits per heavy atom. The molecule has 0 radical (unpaired) electrons. The second-order valence-electron chi connectivity index (χ2n) is 6.95. The maximum atomic E-state index is 13.1. The fourth-order valence-electron chi connectivity index (χ4n) is 3.20. The number of hydroxylamine groups is 1. The molecule has 1 aliphatic heterocycles. The molecule has 31 heavy (non-hydrogen) atoms. The van der Waals surface area contributed by atoms with E-state index in [9.17, 15) is 14.4 Å². The Kier molecular flexibility index (Phi) is 7.50. The first-order valence-corrected chi connectivity index (χ1v) is 10.1. The first-order valence-electron chi connectivity index (χ1n) is 9.69. The lowest BCUT2D eigenvalue weighted by Gasteiger charge is -2.22. The van der Waals surface area contributed by atoms with Crippen molar-refractivity contribution in [1.82, 2.24) is 21.0 Å². The third-order valence-electron chi connectivity index (χ3n) is 4.74. The number of amides is 4. The summed E-state index contributed by atoms with van der Waals surface area (Å²) >= 11 is 6.11. The monoisotopic (exact) mass is 442 g/mol. The first-order chi connectivity index (χ1) is 15.0. The molecule has 9 heteroatoms. The van der Waals surface area contributed by atoms with Crippen LogP contribution in [0, 0.1) is 5.92 Å². The number of rotatable bonds is 7. The van der Waals surface area contributed by atoms with Gasteiger partial charge in [0.2, 0.25) is 11.8 Å². The fourth-order valence-corrected chi connectivity index (χ4v) is 3.39. The van der Waals surface area contributed by atoms with Gasteiger partial charge in [-0.25, -0.2) is 10.3 Å². The summed E-state index contributed by atoms with van der Waals surface area (Å²) in [5.41, 5.74) is 4.08. The molecule has 1 aliphatic rings. The second kappa shape index (κ2) is 10.5. The Bertz CT molecular complexity index is 967. The van der Waals surface area contributed by atoms with Crippen LogP contribution in [0.15, 0.2) is 61.3 Å². The Morgan fingerprint density at radius 2 is 2.03 bits per heavy atom. The molecule has 8 nitrogen and oxygen atoms in total. The van der Waals surface area contributed by atoms with Gasteiger partial charge in [0.05, 0.1) is 5.92 Å². The number of carbonyl (C=O) groups is 3. The number of halogens is 1. The van der Waals surface area contributed by atoms with Gasteiger partial charge in [-0.1, -0.05) is 48.5 Å². The molecule has 1 atom stereocenters. The van der Waals surface area contributed by atoms with Crippen molar-refractivity contribution < 1.29 is 19.2 Å². The van der Waals surface area contributed by atoms with E-state index in [1.165, 1.54) is 6.20 Å². The molecule has 2 aromatic carbocycles. The number of benzene rings is 2. The summed E-state index contributed by atoms with van der Waals surface area (Å²) in [7, 11) is 0. The van der Waals surface area contributed by atoms with Gasteiger partial charge >= 0.3 is 6.03 Å². The minimum Gasteiger partial charge on any atom is -0.382 e. The fraction of sp³-hybridized carbons (Fsp3) is 0.227. The quantitative estimate of drug-likeness (QED) is 0.572. The lowest BCUT2D eigenvalue weighted by atomic mass is 9.97. The van der Waals surface area contributed by atoms with E-state index in [1.807, 2.05) is 30.3 Å². The van der Waals surface area contributed by atoms with Gasteiger partial charge < -0.3 is 15.5 Å². The summed E-state index contributed by atoms with van der Waals surface area (Å²) in [5, 5.41) is 5.87. The standard InChI is InChI=1S/C22H23ClN4O4/c1-2-26-31-19-9-8-18(23)11-16(19)10-17-13-24-20(28)14-27(21(17)29)22(30)25-12-15-6-4-3-5-7-15/h2-9,11,17,26H,1,10,12-14H2,(H,24,28)(H,25,30). The number of imide groups is 1. The summed E-state index contributed by atoms with van der Waals surface area (Å²) in [6.07, 6.45) is 1.59. The number of hydrogen-bond acceptors (Lipinski definition) is 5. The molecule has 162 valence electrons. The molecule has 3 N–H and O–H groups in total. The zero-order valence-electron chi connectivity index (χ0n) is 16.8. The van der Waals surface area contributed by atoms with E-state index in [1.54, 1.807) is 18.2 Å². The Hall–Kier alpha value is -3.52. The molecule has 2 aromatic rings. The van der Waals surface area contributed by atoms with Crippen LogP contribution < -0.4 is 21.0 Å². The van der Waals surface area contributed by atoms with Crippen LogP contribution in [0.4, 0.5) is 4.79 Å². The van der Waals surface area contributed by atoms with E-state index in [-0.39, 0.29) is 26.1 Å². The predicted octanol–water partition coefficient (Wildman–Crippen LogP) is 2.39. The number of carbonyl (C=O) groups excluding carboxylic acids is 3. The van der Waals surface area contributed by atoms with Crippen LogP contribution in [0.1, 0.15) is 11.1 Å². The summed E-state index contributed by atoms with van der Waals surface area (Å²) in [6, 6.07) is 13.7. The normalized spacial score (nSPS) is 16.2. The van der Waals surface area contributed by atoms with E-state index in [2.05, 4.69) is 22.7 Å². The number of hydrogen-bond donors (Lipinski definition) is 3. The van der Waals surface area contributed by atoms with Crippen molar-refractivity contribution in [1.29, 1.82) is 0 Å². The van der Waals surface area contributed by atoms with Gasteiger partial charge in [0, 0.05) is 24.3 Å². The molecule has 4 amide bonds. The Balaban J connectivity index is 1.75. The SMILES string of the molecule is C=CNOc1ccc(Cl)cc1CC1CNC(=O)CN(C(=O)NCc2ccccc2)C1=O. The van der Waals surface area contributed by atoms with Crippen molar-refractivity contribution in [3.8, 4) is 5.75 Å². The molecule has 0 bridgehead atoms. The van der Waals surface area contributed by atoms with Gasteiger partial charge in [0.15, 0.2) is 5.75 Å². The number of nitrogens with zero attached hydrogens (tertiary/aromatic N) is 1. The molecular formula is C22H23ClN4O4. The van der Waals surface area contributed by atoms with Crippen molar-refractivity contribution in [2.75, 3.05) is 13.1 Å². The molecule has 0 aromatic heterocycles. The van der Waals surface area contributed by atoms with Crippen LogP contribution in [0.25, 0.3) is 0 Å². The van der Waals surface area contributed by atoms with Crippen LogP contribution in [0.3, 0.4) is 0 Å². The highest BCUT2D eigenvalue weighted by Crippen LogP contribution is 2.26. The Morgan fingerprint density at radius 3 is 2.77 bits per heavy atom. The highest BCUT2D eigenvalue weighted by molar-refractivity contribution is 6.30. The number of urea groups is 1. The van der Waals surface area contributed by atoms with Crippen LogP contribution in [-0.2, 0) is 22.6 Å². The molecule has 0 aliphatic carbocycles. The molecular weight excluding hydrogens is 420 g/mol. The maximum absolute atomic E-state index is 13.1. The van der Waals surface area contributed by atoms with Crippen molar-refractivity contribution in [3.05, 3.63) is 77.5 Å². The molecule has 0 saturated carbocycles. The van der Waals surface area contributed by atoms with E-state index in [0.717, 1.165) is 10.5 Å². The van der Waals surface area contributed by atoms with Gasteiger partial charge in [-0.3, -0.25) is 14.5 Å². The summed E-state index contributed by atoms with van der Waals surface area (Å²) in [5.74, 6) is -1.06. The molecule has 1 heterocycles. The smallest absolute Gasteiger partial charge is 0.324 e. The van der Waals surface area contributed by atoms with E-state index in [0.29, 0.717) is 16.3 Å². The van der Waals surface area contributed by atoms with Crippen molar-refractivity contribution in [2.24, 2.45) is 5.92 Å². The lowest BCUT2D eigenvalue weighted by molar-refractivity contribution is -0.133. The van der Waals surface area contributed by atoms with E-state index >= 15 is 0 Å². The molecule has 1 unspecified atom stereocenters.